The summed E-state index contributed by atoms with van der Waals surface area (Å²) in [4.78, 5) is 22.5. The summed E-state index contributed by atoms with van der Waals surface area (Å²) in [7, 11) is 0. The van der Waals surface area contributed by atoms with Crippen LogP contribution in [0.15, 0.2) is 83.6 Å². The number of benzene rings is 2. The van der Waals surface area contributed by atoms with Crippen molar-refractivity contribution in [2.45, 2.75) is 12.6 Å². The number of ether oxygens (including phenoxy) is 1. The second kappa shape index (κ2) is 8.89. The van der Waals surface area contributed by atoms with E-state index in [0.29, 0.717) is 31.3 Å². The molecule has 1 fully saturated rings. The largest absolute Gasteiger partial charge is 0.487 e. The Balaban J connectivity index is 1.11. The fraction of sp³-hybridized carbons (Fsp3) is 0.167. The topological polar surface area (TPSA) is 93.4 Å². The molecule has 0 radical (unpaired) electrons. The second-order valence-corrected chi connectivity index (χ2v) is 7.48. The SMILES string of the molecule is O=C(NCc1ccccc1)N1CC(Oc2ccc(-c3noc(-c4cccnc4)n3)cc2)C1. The second-order valence-electron chi connectivity index (χ2n) is 7.48. The van der Waals surface area contributed by atoms with Crippen molar-refractivity contribution < 1.29 is 14.1 Å². The minimum Gasteiger partial charge on any atom is -0.487 e. The van der Waals surface area contributed by atoms with Gasteiger partial charge < -0.3 is 19.5 Å². The first kappa shape index (κ1) is 19.7. The van der Waals surface area contributed by atoms with Crippen LogP contribution < -0.4 is 10.1 Å². The van der Waals surface area contributed by atoms with E-state index in [2.05, 4.69) is 20.4 Å². The standard InChI is InChI=1S/C24H21N5O3/c30-24(26-13-17-5-2-1-3-6-17)29-15-21(16-29)31-20-10-8-18(9-11-20)22-27-23(32-28-22)19-7-4-12-25-14-19/h1-12,14,21H,13,15-16H2,(H,26,30). The predicted octanol–water partition coefficient (Wildman–Crippen LogP) is 3.77. The number of urea groups is 1. The minimum absolute atomic E-state index is 0.0225. The third kappa shape index (κ3) is 4.44. The molecule has 0 aliphatic carbocycles. The molecule has 0 atom stereocenters. The number of hydrogen-bond donors (Lipinski definition) is 1. The van der Waals surface area contributed by atoms with Gasteiger partial charge in [-0.2, -0.15) is 4.98 Å². The van der Waals surface area contributed by atoms with E-state index < -0.39 is 0 Å². The average molecular weight is 427 g/mol. The molecular formula is C24H21N5O3. The molecule has 1 aliphatic rings. The lowest BCUT2D eigenvalue weighted by atomic mass is 10.1. The summed E-state index contributed by atoms with van der Waals surface area (Å²) in [6.07, 6.45) is 3.35. The van der Waals surface area contributed by atoms with Crippen LogP contribution in [0.2, 0.25) is 0 Å². The van der Waals surface area contributed by atoms with Crippen molar-refractivity contribution >= 4 is 6.03 Å². The van der Waals surface area contributed by atoms with Crippen LogP contribution in [-0.4, -0.2) is 45.2 Å². The van der Waals surface area contributed by atoms with Gasteiger partial charge in [0.2, 0.25) is 5.82 Å². The molecule has 2 aromatic heterocycles. The van der Waals surface area contributed by atoms with Gasteiger partial charge in [0.05, 0.1) is 18.7 Å². The summed E-state index contributed by atoms with van der Waals surface area (Å²) in [6, 6.07) is 21.0. The van der Waals surface area contributed by atoms with Crippen molar-refractivity contribution in [2.24, 2.45) is 0 Å². The highest BCUT2D eigenvalue weighted by molar-refractivity contribution is 5.75. The van der Waals surface area contributed by atoms with Crippen molar-refractivity contribution in [2.75, 3.05) is 13.1 Å². The van der Waals surface area contributed by atoms with Crippen LogP contribution in [0.1, 0.15) is 5.56 Å². The van der Waals surface area contributed by atoms with Gasteiger partial charge in [0.15, 0.2) is 0 Å². The average Bonchev–Trinajstić information content (AvgIpc) is 3.32. The Morgan fingerprint density at radius 2 is 1.84 bits per heavy atom. The van der Waals surface area contributed by atoms with Crippen molar-refractivity contribution in [3.63, 3.8) is 0 Å². The summed E-state index contributed by atoms with van der Waals surface area (Å²) >= 11 is 0. The number of carbonyl (C=O) groups is 1. The molecule has 0 saturated carbocycles. The van der Waals surface area contributed by atoms with Crippen LogP contribution >= 0.6 is 0 Å². The lowest BCUT2D eigenvalue weighted by Crippen LogP contribution is -2.58. The molecule has 1 aliphatic heterocycles. The molecule has 8 heteroatoms. The number of rotatable bonds is 6. The molecule has 160 valence electrons. The number of aromatic nitrogens is 3. The molecule has 8 nitrogen and oxygen atoms in total. The fourth-order valence-electron chi connectivity index (χ4n) is 3.39. The van der Waals surface area contributed by atoms with Gasteiger partial charge in [0.25, 0.3) is 5.89 Å². The van der Waals surface area contributed by atoms with Crippen LogP contribution in [0.5, 0.6) is 5.75 Å². The van der Waals surface area contributed by atoms with Gasteiger partial charge in [0, 0.05) is 24.5 Å². The lowest BCUT2D eigenvalue weighted by Gasteiger charge is -2.38. The van der Waals surface area contributed by atoms with Crippen LogP contribution in [-0.2, 0) is 6.54 Å². The summed E-state index contributed by atoms with van der Waals surface area (Å²) < 4.78 is 11.3. The zero-order valence-electron chi connectivity index (χ0n) is 17.2. The van der Waals surface area contributed by atoms with Crippen molar-refractivity contribution in [3.05, 3.63) is 84.7 Å². The first-order valence-electron chi connectivity index (χ1n) is 10.3. The molecule has 3 heterocycles. The maximum Gasteiger partial charge on any atom is 0.317 e. The summed E-state index contributed by atoms with van der Waals surface area (Å²) in [5.74, 6) is 1.66. The Kier molecular flexibility index (Phi) is 5.48. The number of nitrogens with one attached hydrogen (secondary N) is 1. The first-order valence-corrected chi connectivity index (χ1v) is 10.3. The quantitative estimate of drug-likeness (QED) is 0.503. The van der Waals surface area contributed by atoms with Crippen molar-refractivity contribution in [1.29, 1.82) is 0 Å². The van der Waals surface area contributed by atoms with Crippen LogP contribution in [0.4, 0.5) is 4.79 Å². The summed E-state index contributed by atoms with van der Waals surface area (Å²) in [5.41, 5.74) is 2.67. The molecule has 2 amide bonds. The van der Waals surface area contributed by atoms with E-state index in [4.69, 9.17) is 9.26 Å². The Labute approximate surface area is 184 Å². The zero-order valence-corrected chi connectivity index (χ0v) is 17.2. The van der Waals surface area contributed by atoms with Gasteiger partial charge in [-0.15, -0.1) is 0 Å². The number of amides is 2. The summed E-state index contributed by atoms with van der Waals surface area (Å²) in [6.45, 7) is 1.63. The van der Waals surface area contributed by atoms with Crippen LogP contribution in [0.3, 0.4) is 0 Å². The van der Waals surface area contributed by atoms with Gasteiger partial charge in [-0.25, -0.2) is 4.79 Å². The Hall–Kier alpha value is -4.20. The Bertz CT molecular complexity index is 1170. The van der Waals surface area contributed by atoms with Crippen molar-refractivity contribution in [1.82, 2.24) is 25.3 Å². The molecule has 0 unspecified atom stereocenters. The van der Waals surface area contributed by atoms with Gasteiger partial charge in [-0.1, -0.05) is 35.5 Å². The Morgan fingerprint density at radius 1 is 1.03 bits per heavy atom. The highest BCUT2D eigenvalue weighted by atomic mass is 16.5. The van der Waals surface area contributed by atoms with Crippen molar-refractivity contribution in [3.8, 4) is 28.6 Å². The lowest BCUT2D eigenvalue weighted by molar-refractivity contribution is 0.0443. The fourth-order valence-corrected chi connectivity index (χ4v) is 3.39. The smallest absolute Gasteiger partial charge is 0.317 e. The van der Waals surface area contributed by atoms with Gasteiger partial charge >= 0.3 is 6.03 Å². The number of hydrogen-bond acceptors (Lipinski definition) is 6. The summed E-state index contributed by atoms with van der Waals surface area (Å²) in [5, 5.41) is 6.97. The number of nitrogens with zero attached hydrogens (tertiary/aromatic N) is 4. The van der Waals surface area contributed by atoms with E-state index >= 15 is 0 Å². The molecule has 5 rings (SSSR count). The highest BCUT2D eigenvalue weighted by Crippen LogP contribution is 2.25. The monoisotopic (exact) mass is 427 g/mol. The third-order valence-electron chi connectivity index (χ3n) is 5.17. The van der Waals surface area contributed by atoms with E-state index in [1.807, 2.05) is 66.7 Å². The normalized spacial score (nSPS) is 13.4. The molecule has 32 heavy (non-hydrogen) atoms. The number of carbonyl (C=O) groups excluding carboxylic acids is 1. The zero-order chi connectivity index (χ0) is 21.8. The van der Waals surface area contributed by atoms with Gasteiger partial charge in [0.1, 0.15) is 11.9 Å². The number of pyridine rings is 1. The molecule has 2 aromatic carbocycles. The van der Waals surface area contributed by atoms with Gasteiger partial charge in [-0.3, -0.25) is 4.98 Å². The Morgan fingerprint density at radius 3 is 2.59 bits per heavy atom. The highest BCUT2D eigenvalue weighted by Gasteiger charge is 2.32. The van der Waals surface area contributed by atoms with E-state index in [-0.39, 0.29) is 12.1 Å². The van der Waals surface area contributed by atoms with E-state index in [1.165, 1.54) is 0 Å². The molecule has 0 bridgehead atoms. The first-order chi connectivity index (χ1) is 15.7. The maximum absolute atomic E-state index is 12.2. The molecule has 1 N–H and O–H groups in total. The molecular weight excluding hydrogens is 406 g/mol. The van der Waals surface area contributed by atoms with E-state index in [1.54, 1.807) is 17.3 Å². The number of likely N-dealkylation sites (tertiary alicyclic amines) is 1. The molecule has 0 spiro atoms. The molecule has 1 saturated heterocycles. The van der Waals surface area contributed by atoms with E-state index in [9.17, 15) is 4.79 Å². The maximum atomic E-state index is 12.2. The minimum atomic E-state index is -0.0782. The van der Waals surface area contributed by atoms with Crippen LogP contribution in [0, 0.1) is 0 Å². The van der Waals surface area contributed by atoms with Crippen LogP contribution in [0.25, 0.3) is 22.8 Å². The van der Waals surface area contributed by atoms with Gasteiger partial charge in [-0.05, 0) is 42.0 Å². The molecule has 4 aromatic rings. The predicted molar refractivity (Wildman–Crippen MR) is 118 cm³/mol. The van der Waals surface area contributed by atoms with E-state index in [0.717, 1.165) is 22.4 Å². The third-order valence-corrected chi connectivity index (χ3v) is 5.17.